The molecule has 0 saturated heterocycles. The number of anilines is 1. The topological polar surface area (TPSA) is 46.2 Å². The molecule has 3 heteroatoms. The van der Waals surface area contributed by atoms with E-state index in [4.69, 9.17) is 12.2 Å². The normalized spacial score (nSPS) is 12.1. The Morgan fingerprint density at radius 2 is 2.31 bits per heavy atom. The van der Waals surface area contributed by atoms with Gasteiger partial charge in [0.2, 0.25) is 0 Å². The fraction of sp³-hybridized carbons (Fsp3) is 0.200. The van der Waals surface area contributed by atoms with Gasteiger partial charge in [0.25, 0.3) is 0 Å². The Morgan fingerprint density at radius 1 is 1.62 bits per heavy atom. The Kier molecular flexibility index (Phi) is 3.35. The number of aliphatic hydroxyl groups excluding tert-OH is 1. The molecule has 0 aliphatic carbocycles. The third kappa shape index (κ3) is 2.48. The molecule has 0 aromatic heterocycles. The molecule has 1 aromatic rings. The number of rotatable bonds is 2. The first-order chi connectivity index (χ1) is 6.15. The Bertz CT molecular complexity index is 343. The minimum atomic E-state index is -0.678. The summed E-state index contributed by atoms with van der Waals surface area (Å²) in [6, 6.07) is 5.33. The van der Waals surface area contributed by atoms with E-state index in [2.05, 4.69) is 21.9 Å². The summed E-state index contributed by atoms with van der Waals surface area (Å²) in [5, 5.41) is 9.58. The zero-order chi connectivity index (χ0) is 9.84. The van der Waals surface area contributed by atoms with Crippen molar-refractivity contribution >= 4 is 21.6 Å². The van der Waals surface area contributed by atoms with Crippen LogP contribution in [-0.2, 0) is 0 Å². The summed E-state index contributed by atoms with van der Waals surface area (Å²) in [5.74, 6) is 2.39. The van der Waals surface area contributed by atoms with E-state index in [0.717, 1.165) is 4.47 Å². The van der Waals surface area contributed by atoms with Gasteiger partial charge in [0, 0.05) is 22.1 Å². The maximum atomic E-state index is 9.58. The van der Waals surface area contributed by atoms with Crippen molar-refractivity contribution in [2.45, 2.75) is 12.5 Å². The van der Waals surface area contributed by atoms with E-state index >= 15 is 0 Å². The van der Waals surface area contributed by atoms with Crippen LogP contribution in [0.1, 0.15) is 18.1 Å². The van der Waals surface area contributed by atoms with Gasteiger partial charge < -0.3 is 10.8 Å². The van der Waals surface area contributed by atoms with Gasteiger partial charge >= 0.3 is 0 Å². The maximum absolute atomic E-state index is 9.58. The lowest BCUT2D eigenvalue weighted by molar-refractivity contribution is 0.185. The van der Waals surface area contributed by atoms with Gasteiger partial charge in [-0.3, -0.25) is 0 Å². The molecule has 0 fully saturated rings. The highest BCUT2D eigenvalue weighted by Crippen LogP contribution is 2.25. The summed E-state index contributed by atoms with van der Waals surface area (Å²) in [6.45, 7) is 0. The second-order valence-electron chi connectivity index (χ2n) is 2.70. The molecule has 0 heterocycles. The molecule has 0 radical (unpaired) electrons. The van der Waals surface area contributed by atoms with Crippen LogP contribution >= 0.6 is 15.9 Å². The van der Waals surface area contributed by atoms with Gasteiger partial charge in [0.15, 0.2) is 0 Å². The molecular formula is C10H10BrNO. The summed E-state index contributed by atoms with van der Waals surface area (Å²) in [7, 11) is 0. The monoisotopic (exact) mass is 239 g/mol. The van der Waals surface area contributed by atoms with Gasteiger partial charge in [0.05, 0.1) is 6.10 Å². The predicted octanol–water partition coefficient (Wildman–Crippen LogP) is 2.09. The molecule has 1 atom stereocenters. The lowest BCUT2D eigenvalue weighted by atomic mass is 10.1. The number of aliphatic hydroxyl groups is 1. The van der Waals surface area contributed by atoms with E-state index in [1.54, 1.807) is 12.1 Å². The van der Waals surface area contributed by atoms with Crippen LogP contribution in [0.4, 0.5) is 5.69 Å². The number of nitrogens with two attached hydrogens (primary N) is 1. The summed E-state index contributed by atoms with van der Waals surface area (Å²) < 4.78 is 0.882. The molecule has 2 nitrogen and oxygen atoms in total. The average molecular weight is 240 g/mol. The number of hydrogen-bond acceptors (Lipinski definition) is 2. The van der Waals surface area contributed by atoms with Crippen LogP contribution in [0.5, 0.6) is 0 Å². The van der Waals surface area contributed by atoms with Crippen LogP contribution < -0.4 is 5.73 Å². The van der Waals surface area contributed by atoms with Crippen molar-refractivity contribution in [3.8, 4) is 12.3 Å². The van der Waals surface area contributed by atoms with Gasteiger partial charge in [-0.2, -0.15) is 0 Å². The van der Waals surface area contributed by atoms with Gasteiger partial charge in [-0.15, -0.1) is 12.3 Å². The summed E-state index contributed by atoms with van der Waals surface area (Å²) in [4.78, 5) is 0. The van der Waals surface area contributed by atoms with Crippen LogP contribution in [-0.4, -0.2) is 5.11 Å². The largest absolute Gasteiger partial charge is 0.398 e. The summed E-state index contributed by atoms with van der Waals surface area (Å²) in [5.41, 5.74) is 6.91. The van der Waals surface area contributed by atoms with Crippen molar-refractivity contribution in [3.63, 3.8) is 0 Å². The van der Waals surface area contributed by atoms with Gasteiger partial charge in [-0.05, 0) is 18.2 Å². The molecule has 0 aliphatic rings. The standard InChI is InChI=1S/C10H10BrNO/c1-2-3-10(13)8-6-7(11)4-5-9(8)12/h1,4-6,10,13H,3,12H2. The van der Waals surface area contributed by atoms with Crippen LogP contribution in [0.25, 0.3) is 0 Å². The molecule has 13 heavy (non-hydrogen) atoms. The maximum Gasteiger partial charge on any atom is 0.0919 e. The fourth-order valence-electron chi connectivity index (χ4n) is 1.06. The fourth-order valence-corrected chi connectivity index (χ4v) is 1.43. The zero-order valence-corrected chi connectivity index (χ0v) is 8.58. The Labute approximate surface area is 85.9 Å². The number of nitrogen functional groups attached to an aromatic ring is 1. The van der Waals surface area contributed by atoms with Crippen LogP contribution in [0.15, 0.2) is 22.7 Å². The molecule has 1 unspecified atom stereocenters. The van der Waals surface area contributed by atoms with Crippen LogP contribution in [0.2, 0.25) is 0 Å². The Hall–Kier alpha value is -0.980. The van der Waals surface area contributed by atoms with E-state index in [1.807, 2.05) is 6.07 Å². The molecule has 0 amide bonds. The summed E-state index contributed by atoms with van der Waals surface area (Å²) in [6.07, 6.45) is 4.69. The highest BCUT2D eigenvalue weighted by atomic mass is 79.9. The first-order valence-corrected chi connectivity index (χ1v) is 4.61. The van der Waals surface area contributed by atoms with E-state index in [1.165, 1.54) is 0 Å². The number of halogens is 1. The third-order valence-electron chi connectivity index (χ3n) is 1.72. The molecule has 0 saturated carbocycles. The smallest absolute Gasteiger partial charge is 0.0919 e. The van der Waals surface area contributed by atoms with E-state index in [-0.39, 0.29) is 6.42 Å². The minimum Gasteiger partial charge on any atom is -0.398 e. The third-order valence-corrected chi connectivity index (χ3v) is 2.21. The minimum absolute atomic E-state index is 0.278. The van der Waals surface area contributed by atoms with E-state index in [9.17, 15) is 5.11 Å². The van der Waals surface area contributed by atoms with Gasteiger partial charge in [-0.25, -0.2) is 0 Å². The van der Waals surface area contributed by atoms with Gasteiger partial charge in [0.1, 0.15) is 0 Å². The van der Waals surface area contributed by atoms with Crippen LogP contribution in [0, 0.1) is 12.3 Å². The number of terminal acetylenes is 1. The average Bonchev–Trinajstić information content (AvgIpc) is 2.09. The van der Waals surface area contributed by atoms with Crippen molar-refractivity contribution in [2.24, 2.45) is 0 Å². The van der Waals surface area contributed by atoms with Crippen molar-refractivity contribution in [1.29, 1.82) is 0 Å². The van der Waals surface area contributed by atoms with Gasteiger partial charge in [-0.1, -0.05) is 15.9 Å². The quantitative estimate of drug-likeness (QED) is 0.614. The molecule has 1 aromatic carbocycles. The van der Waals surface area contributed by atoms with Crippen molar-refractivity contribution in [1.82, 2.24) is 0 Å². The first kappa shape index (κ1) is 10.1. The highest BCUT2D eigenvalue weighted by molar-refractivity contribution is 9.10. The van der Waals surface area contributed by atoms with Crippen molar-refractivity contribution < 1.29 is 5.11 Å². The lowest BCUT2D eigenvalue weighted by Crippen LogP contribution is -2.01. The highest BCUT2D eigenvalue weighted by Gasteiger charge is 2.09. The lowest BCUT2D eigenvalue weighted by Gasteiger charge is -2.10. The molecule has 68 valence electrons. The van der Waals surface area contributed by atoms with E-state index in [0.29, 0.717) is 11.3 Å². The first-order valence-electron chi connectivity index (χ1n) is 3.81. The number of hydrogen-bond donors (Lipinski definition) is 2. The van der Waals surface area contributed by atoms with Crippen LogP contribution in [0.3, 0.4) is 0 Å². The second kappa shape index (κ2) is 4.31. The zero-order valence-electron chi connectivity index (χ0n) is 7.00. The Morgan fingerprint density at radius 3 is 2.92 bits per heavy atom. The Balaban J connectivity index is 3.00. The molecule has 3 N–H and O–H groups in total. The second-order valence-corrected chi connectivity index (χ2v) is 3.61. The molecular weight excluding hydrogens is 230 g/mol. The molecule has 0 aliphatic heterocycles. The molecule has 1 rings (SSSR count). The summed E-state index contributed by atoms with van der Waals surface area (Å²) >= 11 is 3.30. The van der Waals surface area contributed by atoms with Crippen molar-refractivity contribution in [3.05, 3.63) is 28.2 Å². The number of benzene rings is 1. The predicted molar refractivity (Wildman–Crippen MR) is 57.0 cm³/mol. The van der Waals surface area contributed by atoms with E-state index < -0.39 is 6.10 Å². The molecule has 0 spiro atoms. The van der Waals surface area contributed by atoms with Crippen molar-refractivity contribution in [2.75, 3.05) is 5.73 Å². The molecule has 0 bridgehead atoms. The SMILES string of the molecule is C#CCC(O)c1cc(Br)ccc1N.